The second-order valence-electron chi connectivity index (χ2n) is 5.09. The maximum Gasteiger partial charge on any atom is 0.413 e. The molecule has 0 saturated carbocycles. The Bertz CT molecular complexity index is 706. The highest BCUT2D eigenvalue weighted by atomic mass is 32.1. The van der Waals surface area contributed by atoms with Gasteiger partial charge in [0.25, 0.3) is 0 Å². The van der Waals surface area contributed by atoms with Crippen molar-refractivity contribution in [2.75, 3.05) is 13.2 Å². The number of alkyl halides is 3. The van der Waals surface area contributed by atoms with Crippen molar-refractivity contribution in [3.63, 3.8) is 0 Å². The van der Waals surface area contributed by atoms with Gasteiger partial charge in [0.2, 0.25) is 0 Å². The van der Waals surface area contributed by atoms with Crippen molar-refractivity contribution in [2.45, 2.75) is 20.0 Å². The van der Waals surface area contributed by atoms with Gasteiger partial charge in [-0.3, -0.25) is 9.59 Å². The van der Waals surface area contributed by atoms with Gasteiger partial charge in [-0.15, -0.1) is 11.3 Å². The molecule has 9 heteroatoms. The van der Waals surface area contributed by atoms with Crippen molar-refractivity contribution in [3.05, 3.63) is 33.5 Å². The van der Waals surface area contributed by atoms with Crippen LogP contribution >= 0.6 is 11.3 Å². The lowest BCUT2D eigenvalue weighted by molar-refractivity contribution is -0.157. The van der Waals surface area contributed by atoms with Gasteiger partial charge in [-0.2, -0.15) is 13.2 Å². The molecule has 0 aromatic carbocycles. The van der Waals surface area contributed by atoms with Gasteiger partial charge >= 0.3 is 18.1 Å². The third kappa shape index (κ3) is 3.60. The summed E-state index contributed by atoms with van der Waals surface area (Å²) in [5.41, 5.74) is -2.18. The molecule has 1 aromatic heterocycles. The number of hydrogen-bond donors (Lipinski definition) is 0. The van der Waals surface area contributed by atoms with Gasteiger partial charge in [0, 0.05) is 0 Å². The van der Waals surface area contributed by atoms with E-state index in [0.29, 0.717) is 0 Å². The monoisotopic (exact) mass is 376 g/mol. The molecule has 1 aliphatic carbocycles. The first kappa shape index (κ1) is 19.2. The molecule has 0 saturated heterocycles. The summed E-state index contributed by atoms with van der Waals surface area (Å²) in [7, 11) is 0. The van der Waals surface area contributed by atoms with Crippen LogP contribution in [0, 0.1) is 11.8 Å². The lowest BCUT2D eigenvalue weighted by Crippen LogP contribution is -2.49. The summed E-state index contributed by atoms with van der Waals surface area (Å²) < 4.78 is 49.8. The SMILES string of the molecule is CCOC(=O)C1=C(C(F)(F)F)[C@H](C(=O)c2cccs2)[C@H]1C(=O)OCC. The van der Waals surface area contributed by atoms with E-state index >= 15 is 0 Å². The number of ether oxygens (including phenoxy) is 2. The Labute approximate surface area is 145 Å². The number of halogens is 3. The molecule has 1 aromatic rings. The molecule has 2 rings (SSSR count). The van der Waals surface area contributed by atoms with Crippen molar-refractivity contribution < 1.29 is 37.0 Å². The summed E-state index contributed by atoms with van der Waals surface area (Å²) in [5.74, 6) is -6.60. The highest BCUT2D eigenvalue weighted by Crippen LogP contribution is 2.51. The summed E-state index contributed by atoms with van der Waals surface area (Å²) in [4.78, 5) is 36.7. The Hall–Kier alpha value is -2.16. The maximum atomic E-state index is 13.5. The first-order valence-electron chi connectivity index (χ1n) is 7.46. The van der Waals surface area contributed by atoms with Crippen LogP contribution in [0.1, 0.15) is 23.5 Å². The third-order valence-corrected chi connectivity index (χ3v) is 4.52. The molecule has 25 heavy (non-hydrogen) atoms. The fourth-order valence-corrected chi connectivity index (χ4v) is 3.39. The zero-order valence-electron chi connectivity index (χ0n) is 13.4. The fourth-order valence-electron chi connectivity index (χ4n) is 2.69. The summed E-state index contributed by atoms with van der Waals surface area (Å²) in [5, 5.41) is 1.54. The second kappa shape index (κ2) is 7.38. The number of allylic oxidation sites excluding steroid dienone is 1. The van der Waals surface area contributed by atoms with Crippen LogP contribution in [0.25, 0.3) is 0 Å². The Morgan fingerprint density at radius 3 is 2.24 bits per heavy atom. The van der Waals surface area contributed by atoms with Crippen LogP contribution in [0.3, 0.4) is 0 Å². The second-order valence-corrected chi connectivity index (χ2v) is 6.04. The summed E-state index contributed by atoms with van der Waals surface area (Å²) in [6.07, 6.45) is -4.94. The van der Waals surface area contributed by atoms with Gasteiger partial charge < -0.3 is 9.47 Å². The number of esters is 2. The van der Waals surface area contributed by atoms with E-state index in [1.165, 1.54) is 31.4 Å². The van der Waals surface area contributed by atoms with Crippen LogP contribution in [0.15, 0.2) is 28.7 Å². The zero-order chi connectivity index (χ0) is 18.8. The highest BCUT2D eigenvalue weighted by molar-refractivity contribution is 7.12. The number of hydrogen-bond acceptors (Lipinski definition) is 6. The predicted molar refractivity (Wildman–Crippen MR) is 82.0 cm³/mol. The van der Waals surface area contributed by atoms with Crippen LogP contribution in [-0.4, -0.2) is 37.1 Å². The molecule has 0 amide bonds. The molecular formula is C16H15F3O5S. The molecular weight excluding hydrogens is 361 g/mol. The minimum absolute atomic E-state index is 0.0731. The molecule has 1 aliphatic rings. The minimum Gasteiger partial charge on any atom is -0.465 e. The van der Waals surface area contributed by atoms with Crippen LogP contribution in [-0.2, 0) is 19.1 Å². The molecule has 2 atom stereocenters. The number of thiophene rings is 1. The standard InChI is InChI=1S/C16H15F3O5S/c1-3-23-14(21)9-10(13(20)8-6-5-7-25-8)12(16(17,18)19)11(9)15(22)24-4-2/h5-7,9-10H,3-4H2,1-2H3/t9-,10-/m1/s1. The van der Waals surface area contributed by atoms with Crippen LogP contribution < -0.4 is 0 Å². The first-order chi connectivity index (χ1) is 11.7. The Kier molecular flexibility index (Phi) is 5.66. The lowest BCUT2D eigenvalue weighted by Gasteiger charge is -2.38. The Morgan fingerprint density at radius 2 is 1.76 bits per heavy atom. The fraction of sp³-hybridized carbons (Fsp3) is 0.438. The molecule has 0 aliphatic heterocycles. The van der Waals surface area contributed by atoms with Crippen LogP contribution in [0.5, 0.6) is 0 Å². The number of rotatable bonds is 6. The molecule has 0 fully saturated rings. The van der Waals surface area contributed by atoms with Crippen molar-refractivity contribution in [3.8, 4) is 0 Å². The van der Waals surface area contributed by atoms with Crippen molar-refractivity contribution in [1.29, 1.82) is 0 Å². The number of carbonyl (C=O) groups is 3. The van der Waals surface area contributed by atoms with Gasteiger partial charge in [0.05, 0.1) is 35.2 Å². The molecule has 0 spiro atoms. The lowest BCUT2D eigenvalue weighted by atomic mass is 9.65. The third-order valence-electron chi connectivity index (χ3n) is 3.63. The average Bonchev–Trinajstić information content (AvgIpc) is 2.99. The van der Waals surface area contributed by atoms with Gasteiger partial charge in [-0.1, -0.05) is 6.07 Å². The largest absolute Gasteiger partial charge is 0.465 e. The molecule has 0 radical (unpaired) electrons. The average molecular weight is 376 g/mol. The molecule has 0 unspecified atom stereocenters. The molecule has 5 nitrogen and oxygen atoms in total. The van der Waals surface area contributed by atoms with Crippen molar-refractivity contribution >= 4 is 29.1 Å². The van der Waals surface area contributed by atoms with E-state index in [1.807, 2.05) is 0 Å². The number of Topliss-reactive ketones (excluding diaryl/α,β-unsaturated/α-hetero) is 1. The van der Waals surface area contributed by atoms with Gasteiger partial charge in [-0.05, 0) is 25.3 Å². The van der Waals surface area contributed by atoms with E-state index in [0.717, 1.165) is 11.3 Å². The zero-order valence-corrected chi connectivity index (χ0v) is 14.2. The number of ketones is 1. The maximum absolute atomic E-state index is 13.5. The normalized spacial score (nSPS) is 20.0. The van der Waals surface area contributed by atoms with E-state index in [4.69, 9.17) is 4.74 Å². The predicted octanol–water partition coefficient (Wildman–Crippen LogP) is 3.16. The van der Waals surface area contributed by atoms with Gasteiger partial charge in [0.15, 0.2) is 5.78 Å². The van der Waals surface area contributed by atoms with Crippen molar-refractivity contribution in [2.24, 2.45) is 11.8 Å². The van der Waals surface area contributed by atoms with Crippen LogP contribution in [0.4, 0.5) is 13.2 Å². The minimum atomic E-state index is -4.94. The molecule has 0 bridgehead atoms. The summed E-state index contributed by atoms with van der Waals surface area (Å²) in [6.45, 7) is 2.66. The molecule has 0 N–H and O–H groups in total. The van der Waals surface area contributed by atoms with E-state index in [1.54, 1.807) is 0 Å². The van der Waals surface area contributed by atoms with Gasteiger partial charge in [0.1, 0.15) is 5.92 Å². The van der Waals surface area contributed by atoms with Crippen molar-refractivity contribution in [1.82, 2.24) is 0 Å². The summed E-state index contributed by atoms with van der Waals surface area (Å²) in [6, 6.07) is 2.88. The quantitative estimate of drug-likeness (QED) is 0.563. The van der Waals surface area contributed by atoms with Gasteiger partial charge in [-0.25, -0.2) is 4.79 Å². The molecule has 1 heterocycles. The highest BCUT2D eigenvalue weighted by Gasteiger charge is 2.61. The van der Waals surface area contributed by atoms with E-state index in [9.17, 15) is 27.6 Å². The number of carbonyl (C=O) groups excluding carboxylic acids is 3. The molecule has 136 valence electrons. The Morgan fingerprint density at radius 1 is 1.12 bits per heavy atom. The summed E-state index contributed by atoms with van der Waals surface area (Å²) >= 11 is 0.961. The smallest absolute Gasteiger partial charge is 0.413 e. The van der Waals surface area contributed by atoms with E-state index < -0.39 is 46.9 Å². The van der Waals surface area contributed by atoms with E-state index in [-0.39, 0.29) is 18.1 Å². The topological polar surface area (TPSA) is 69.7 Å². The van der Waals surface area contributed by atoms with Crippen LogP contribution in [0.2, 0.25) is 0 Å². The van der Waals surface area contributed by atoms with E-state index in [2.05, 4.69) is 4.74 Å². The Balaban J connectivity index is 2.54. The first-order valence-corrected chi connectivity index (χ1v) is 8.34.